The van der Waals surface area contributed by atoms with Gasteiger partial charge in [-0.25, -0.2) is 0 Å². The lowest BCUT2D eigenvalue weighted by atomic mass is 9.84. The predicted octanol–water partition coefficient (Wildman–Crippen LogP) is -5.51. The molecule has 2 aliphatic rings. The van der Waals surface area contributed by atoms with E-state index in [1.165, 1.54) is 0 Å². The smallest absolute Gasteiger partial charge is 0.176 e. The largest absolute Gasteiger partial charge is 0.389 e. The molecule has 2 rings (SSSR count). The first kappa shape index (κ1) is 23.8. The summed E-state index contributed by atoms with van der Waals surface area (Å²) in [6.45, 7) is 0.169. The zero-order chi connectivity index (χ0) is 21.0. The number of hydrogen-bond acceptors (Lipinski definition) is 12. The van der Waals surface area contributed by atoms with Crippen LogP contribution >= 0.6 is 0 Å². The summed E-state index contributed by atoms with van der Waals surface area (Å²) in [5, 5.41) is 43.3. The van der Waals surface area contributed by atoms with Gasteiger partial charge in [-0.05, 0) is 13.5 Å². The third-order valence-corrected chi connectivity index (χ3v) is 5.26. The van der Waals surface area contributed by atoms with Crippen molar-refractivity contribution >= 4 is 0 Å². The molecule has 11 atom stereocenters. The lowest BCUT2D eigenvalue weighted by molar-refractivity contribution is -0.291. The van der Waals surface area contributed by atoms with Gasteiger partial charge in [0.25, 0.3) is 0 Å². The van der Waals surface area contributed by atoms with Crippen molar-refractivity contribution in [3.8, 4) is 0 Å². The maximum Gasteiger partial charge on any atom is 0.176 e. The number of aliphatic hydroxyl groups is 4. The summed E-state index contributed by atoms with van der Waals surface area (Å²) in [5.41, 5.74) is 23.6. The van der Waals surface area contributed by atoms with Crippen LogP contribution in [-0.4, -0.2) is 114 Å². The minimum absolute atomic E-state index is 0.0504. The van der Waals surface area contributed by atoms with E-state index < -0.39 is 67.1 Å². The Kier molecular flexibility index (Phi) is 8.94. The maximum absolute atomic E-state index is 10.5. The number of likely N-dealkylation sites (N-methyl/N-ethyl adjacent to an activating group) is 1. The third kappa shape index (κ3) is 5.36. The van der Waals surface area contributed by atoms with Gasteiger partial charge in [0, 0.05) is 25.2 Å². The topological polar surface area (TPSA) is 225 Å². The normalized spacial score (nSPS) is 45.8. The molecule has 28 heavy (non-hydrogen) atoms. The van der Waals surface area contributed by atoms with Crippen molar-refractivity contribution < 1.29 is 34.6 Å². The minimum Gasteiger partial charge on any atom is -0.389 e. The third-order valence-electron chi connectivity index (χ3n) is 5.26. The molecule has 0 aromatic rings. The van der Waals surface area contributed by atoms with E-state index >= 15 is 0 Å². The second-order valence-electron chi connectivity index (χ2n) is 7.50. The molecule has 1 aliphatic heterocycles. The summed E-state index contributed by atoms with van der Waals surface area (Å²) < 4.78 is 17.2. The van der Waals surface area contributed by atoms with Crippen LogP contribution in [0.4, 0.5) is 0 Å². The molecule has 12 nitrogen and oxygen atoms in total. The summed E-state index contributed by atoms with van der Waals surface area (Å²) >= 11 is 0. The zero-order valence-corrected chi connectivity index (χ0v) is 16.0. The van der Waals surface area contributed by atoms with Gasteiger partial charge in [0.2, 0.25) is 0 Å². The van der Waals surface area contributed by atoms with Crippen LogP contribution in [0, 0.1) is 0 Å². The molecular formula is C16H35N5O7. The lowest BCUT2D eigenvalue weighted by Gasteiger charge is -2.47. The van der Waals surface area contributed by atoms with Gasteiger partial charge in [-0.3, -0.25) is 0 Å². The van der Waals surface area contributed by atoms with E-state index in [1.54, 1.807) is 7.05 Å². The highest BCUT2D eigenvalue weighted by molar-refractivity contribution is 5.00. The molecule has 1 saturated carbocycles. The molecule has 1 aliphatic carbocycles. The molecule has 13 N–H and O–H groups in total. The van der Waals surface area contributed by atoms with E-state index in [9.17, 15) is 20.4 Å². The van der Waals surface area contributed by atoms with Crippen LogP contribution < -0.4 is 28.3 Å². The fraction of sp³-hybridized carbons (Fsp3) is 1.00. The van der Waals surface area contributed by atoms with Crippen molar-refractivity contribution in [2.75, 3.05) is 26.7 Å². The van der Waals surface area contributed by atoms with Crippen LogP contribution in [0.2, 0.25) is 0 Å². The lowest BCUT2D eigenvalue weighted by Crippen LogP contribution is -2.68. The average Bonchev–Trinajstić information content (AvgIpc) is 2.65. The van der Waals surface area contributed by atoms with Crippen molar-refractivity contribution in [3.05, 3.63) is 0 Å². The average molecular weight is 409 g/mol. The molecule has 12 heteroatoms. The number of nitrogens with one attached hydrogen (secondary N) is 1. The summed E-state index contributed by atoms with van der Waals surface area (Å²) in [7, 11) is 1.69. The van der Waals surface area contributed by atoms with Gasteiger partial charge < -0.3 is 62.9 Å². The first-order valence-corrected chi connectivity index (χ1v) is 9.47. The highest BCUT2D eigenvalue weighted by Crippen LogP contribution is 2.28. The first-order chi connectivity index (χ1) is 13.2. The van der Waals surface area contributed by atoms with Crippen molar-refractivity contribution in [1.29, 1.82) is 0 Å². The summed E-state index contributed by atoms with van der Waals surface area (Å²) in [4.78, 5) is 0. The van der Waals surface area contributed by atoms with E-state index in [1.807, 2.05) is 0 Å². The van der Waals surface area contributed by atoms with Gasteiger partial charge in [0.1, 0.15) is 30.5 Å². The molecule has 0 bridgehead atoms. The van der Waals surface area contributed by atoms with Crippen molar-refractivity contribution in [3.63, 3.8) is 0 Å². The molecule has 1 heterocycles. The Morgan fingerprint density at radius 1 is 1.07 bits per heavy atom. The van der Waals surface area contributed by atoms with Crippen molar-refractivity contribution in [2.24, 2.45) is 22.9 Å². The molecule has 0 unspecified atom stereocenters. The first-order valence-electron chi connectivity index (χ1n) is 9.47. The van der Waals surface area contributed by atoms with Crippen LogP contribution in [0.25, 0.3) is 0 Å². The Labute approximate surface area is 164 Å². The molecule has 0 spiro atoms. The Hall–Kier alpha value is -0.480. The Morgan fingerprint density at radius 3 is 2.36 bits per heavy atom. The zero-order valence-electron chi connectivity index (χ0n) is 16.0. The molecule has 166 valence electrons. The number of rotatable bonds is 8. The summed E-state index contributed by atoms with van der Waals surface area (Å²) in [6.07, 6.45) is -8.00. The monoisotopic (exact) mass is 409 g/mol. The van der Waals surface area contributed by atoms with Crippen molar-refractivity contribution in [1.82, 2.24) is 5.32 Å². The Morgan fingerprint density at radius 2 is 1.75 bits per heavy atom. The number of hydrogen-bond donors (Lipinski definition) is 9. The molecular weight excluding hydrogens is 374 g/mol. The van der Waals surface area contributed by atoms with Gasteiger partial charge in [0.05, 0.1) is 24.9 Å². The predicted molar refractivity (Wildman–Crippen MR) is 98.8 cm³/mol. The standard InChI is InChI=1S/C16H35N5O7/c1-21-4-6(22)5-26-15-11(23)7(18)2-8(19)14(15)28-16-10(20)13(25)12(24)9(3-17)27-16/h6-16,21-25H,2-5,17-20H2,1H3/t6-,7+,8-,9+,10+,11-,12+,13+,14+,15+,16+/m0/s1. The van der Waals surface area contributed by atoms with Crippen LogP contribution in [0.1, 0.15) is 6.42 Å². The minimum atomic E-state index is -1.31. The van der Waals surface area contributed by atoms with Gasteiger partial charge in [-0.2, -0.15) is 0 Å². The molecule has 0 amide bonds. The van der Waals surface area contributed by atoms with Crippen LogP contribution in [0.5, 0.6) is 0 Å². The molecule has 1 saturated heterocycles. The number of aliphatic hydroxyl groups excluding tert-OH is 4. The fourth-order valence-electron chi connectivity index (χ4n) is 3.58. The Bertz CT molecular complexity index is 477. The van der Waals surface area contributed by atoms with Crippen LogP contribution in [0.3, 0.4) is 0 Å². The van der Waals surface area contributed by atoms with Crippen molar-refractivity contribution in [2.45, 2.75) is 73.6 Å². The second kappa shape index (κ2) is 10.5. The van der Waals surface area contributed by atoms with E-state index in [-0.39, 0.29) is 19.6 Å². The summed E-state index contributed by atoms with van der Waals surface area (Å²) in [6, 6.07) is -2.30. The van der Waals surface area contributed by atoms with E-state index in [0.29, 0.717) is 6.54 Å². The highest BCUT2D eigenvalue weighted by atomic mass is 16.7. The molecule has 2 fully saturated rings. The van der Waals surface area contributed by atoms with Gasteiger partial charge >= 0.3 is 0 Å². The van der Waals surface area contributed by atoms with Crippen LogP contribution in [-0.2, 0) is 14.2 Å². The number of ether oxygens (including phenoxy) is 3. The Balaban J connectivity index is 2.11. The van der Waals surface area contributed by atoms with Gasteiger partial charge in [0.15, 0.2) is 6.29 Å². The SMILES string of the molecule is CNC[C@H](O)CO[C@@H]1[C@@H](O)[C@H](N)C[C@H](N)[C@H]1O[C@H]1O[C@H](CN)[C@@H](O)[C@H](O)[C@H]1N. The van der Waals surface area contributed by atoms with E-state index in [4.69, 9.17) is 37.1 Å². The molecule has 0 radical (unpaired) electrons. The highest BCUT2D eigenvalue weighted by Gasteiger charge is 2.48. The summed E-state index contributed by atoms with van der Waals surface area (Å²) in [5.74, 6) is 0. The molecule has 0 aromatic heterocycles. The van der Waals surface area contributed by atoms with Gasteiger partial charge in [-0.15, -0.1) is 0 Å². The van der Waals surface area contributed by atoms with Gasteiger partial charge in [-0.1, -0.05) is 0 Å². The number of nitrogens with two attached hydrogens (primary N) is 4. The van der Waals surface area contributed by atoms with Crippen LogP contribution in [0.15, 0.2) is 0 Å². The maximum atomic E-state index is 10.5. The molecule has 0 aromatic carbocycles. The quantitative estimate of drug-likeness (QED) is 0.183. The van der Waals surface area contributed by atoms with E-state index in [2.05, 4.69) is 5.32 Å². The van der Waals surface area contributed by atoms with E-state index in [0.717, 1.165) is 0 Å². The fourth-order valence-corrected chi connectivity index (χ4v) is 3.58. The second-order valence-corrected chi connectivity index (χ2v) is 7.50.